The number of thiophene rings is 1. The number of nitrogens with one attached hydrogen (secondary N) is 1. The van der Waals surface area contributed by atoms with E-state index < -0.39 is 0 Å². The summed E-state index contributed by atoms with van der Waals surface area (Å²) in [7, 11) is 0. The van der Waals surface area contributed by atoms with E-state index in [4.69, 9.17) is 0 Å². The predicted octanol–water partition coefficient (Wildman–Crippen LogP) is 4.00. The molecule has 0 unspecified atom stereocenters. The van der Waals surface area contributed by atoms with Gasteiger partial charge < -0.3 is 5.32 Å². The lowest BCUT2D eigenvalue weighted by atomic mass is 9.93. The molecule has 150 valence electrons. The minimum absolute atomic E-state index is 0.273. The van der Waals surface area contributed by atoms with E-state index in [1.165, 1.54) is 74.3 Å². The summed E-state index contributed by atoms with van der Waals surface area (Å²) in [6.45, 7) is 7.16. The quantitative estimate of drug-likeness (QED) is 0.730. The maximum absolute atomic E-state index is 11.9. The first-order valence-corrected chi connectivity index (χ1v) is 11.9. The van der Waals surface area contributed by atoms with Crippen molar-refractivity contribution in [1.29, 1.82) is 0 Å². The monoisotopic (exact) mass is 389 g/mol. The van der Waals surface area contributed by atoms with Gasteiger partial charge in [-0.05, 0) is 82.6 Å². The lowest BCUT2D eigenvalue weighted by molar-refractivity contribution is -0.121. The first kappa shape index (κ1) is 19.4. The second kappa shape index (κ2) is 9.53. The van der Waals surface area contributed by atoms with Crippen molar-refractivity contribution in [3.05, 3.63) is 21.9 Å². The van der Waals surface area contributed by atoms with Gasteiger partial charge in [-0.3, -0.25) is 14.6 Å². The van der Waals surface area contributed by atoms with Gasteiger partial charge in [0.2, 0.25) is 5.91 Å². The maximum Gasteiger partial charge on any atom is 0.220 e. The van der Waals surface area contributed by atoms with Gasteiger partial charge in [-0.1, -0.05) is 6.42 Å². The largest absolute Gasteiger partial charge is 0.353 e. The molecular formula is C22H35N3OS. The molecule has 1 aromatic heterocycles. The summed E-state index contributed by atoms with van der Waals surface area (Å²) in [5, 5.41) is 3.13. The summed E-state index contributed by atoms with van der Waals surface area (Å²) in [5.41, 5.74) is 0. The molecule has 5 heteroatoms. The number of hydrogen-bond acceptors (Lipinski definition) is 4. The Morgan fingerprint density at radius 1 is 0.963 bits per heavy atom. The molecule has 2 aliphatic heterocycles. The van der Waals surface area contributed by atoms with Crippen LogP contribution < -0.4 is 5.32 Å². The minimum atomic E-state index is 0.273. The zero-order chi connectivity index (χ0) is 18.5. The molecule has 0 bridgehead atoms. The van der Waals surface area contributed by atoms with Crippen molar-refractivity contribution in [3.63, 3.8) is 0 Å². The number of rotatable bonds is 8. The highest BCUT2D eigenvalue weighted by Crippen LogP contribution is 2.26. The van der Waals surface area contributed by atoms with Gasteiger partial charge >= 0.3 is 0 Å². The molecule has 1 amide bonds. The highest BCUT2D eigenvalue weighted by atomic mass is 32.1. The lowest BCUT2D eigenvalue weighted by Gasteiger charge is -2.32. The normalized spacial score (nSPS) is 24.8. The van der Waals surface area contributed by atoms with Gasteiger partial charge in [-0.25, -0.2) is 0 Å². The lowest BCUT2D eigenvalue weighted by Crippen LogP contribution is -2.35. The van der Waals surface area contributed by atoms with Crippen molar-refractivity contribution in [3.8, 4) is 0 Å². The highest BCUT2D eigenvalue weighted by molar-refractivity contribution is 7.11. The Morgan fingerprint density at radius 2 is 1.67 bits per heavy atom. The molecule has 4 rings (SSSR count). The van der Waals surface area contributed by atoms with E-state index >= 15 is 0 Å². The molecule has 1 saturated carbocycles. The number of nitrogens with zero attached hydrogens (tertiary/aromatic N) is 2. The fourth-order valence-electron chi connectivity index (χ4n) is 4.54. The summed E-state index contributed by atoms with van der Waals surface area (Å²) in [4.78, 5) is 20.2. The van der Waals surface area contributed by atoms with Crippen molar-refractivity contribution in [2.24, 2.45) is 5.92 Å². The fraction of sp³-hybridized carbons (Fsp3) is 0.773. The molecule has 0 aromatic carbocycles. The van der Waals surface area contributed by atoms with Crippen molar-refractivity contribution < 1.29 is 4.79 Å². The molecule has 4 nitrogen and oxygen atoms in total. The molecule has 3 aliphatic rings. The van der Waals surface area contributed by atoms with Crippen LogP contribution in [-0.2, 0) is 17.9 Å². The number of carbonyl (C=O) groups excluding carboxylic acids is 1. The molecule has 1 N–H and O–H groups in total. The third kappa shape index (κ3) is 6.30. The number of hydrogen-bond donors (Lipinski definition) is 1. The van der Waals surface area contributed by atoms with Crippen LogP contribution in [0, 0.1) is 5.92 Å². The van der Waals surface area contributed by atoms with Gasteiger partial charge in [0.15, 0.2) is 0 Å². The van der Waals surface area contributed by atoms with Crippen LogP contribution in [0.4, 0.5) is 0 Å². The summed E-state index contributed by atoms with van der Waals surface area (Å²) < 4.78 is 0. The average molecular weight is 390 g/mol. The van der Waals surface area contributed by atoms with Crippen LogP contribution in [0.3, 0.4) is 0 Å². The first-order chi connectivity index (χ1) is 13.2. The molecule has 1 aliphatic carbocycles. The Bertz CT molecular complexity index is 606. The van der Waals surface area contributed by atoms with E-state index in [2.05, 4.69) is 27.2 Å². The Balaban J connectivity index is 1.20. The van der Waals surface area contributed by atoms with Crippen LogP contribution in [-0.4, -0.2) is 47.9 Å². The van der Waals surface area contributed by atoms with E-state index in [-0.39, 0.29) is 5.91 Å². The standard InChI is InChI=1S/C22H35N3OS/c26-22(23-19-7-8-19)11-6-18-5-4-14-25(15-18)17-21-10-9-20(27-21)16-24-12-2-1-3-13-24/h9-10,18-19H,1-8,11-17H2,(H,23,26)/t18-/m0/s1. The number of amides is 1. The molecule has 27 heavy (non-hydrogen) atoms. The molecule has 3 heterocycles. The van der Waals surface area contributed by atoms with Gasteiger partial charge in [0.25, 0.3) is 0 Å². The summed E-state index contributed by atoms with van der Waals surface area (Å²) in [6, 6.07) is 5.19. The van der Waals surface area contributed by atoms with Gasteiger partial charge in [-0.2, -0.15) is 0 Å². The second-order valence-corrected chi connectivity index (χ2v) is 10.1. The molecule has 3 fully saturated rings. The van der Waals surface area contributed by atoms with Gasteiger partial charge in [-0.15, -0.1) is 11.3 Å². The molecule has 1 aromatic rings. The molecule has 0 spiro atoms. The van der Waals surface area contributed by atoms with Gasteiger partial charge in [0.1, 0.15) is 0 Å². The van der Waals surface area contributed by atoms with Crippen molar-refractivity contribution >= 4 is 17.2 Å². The smallest absolute Gasteiger partial charge is 0.220 e. The minimum Gasteiger partial charge on any atom is -0.353 e. The number of carbonyl (C=O) groups is 1. The second-order valence-electron chi connectivity index (χ2n) is 8.83. The molecule has 0 radical (unpaired) electrons. The zero-order valence-electron chi connectivity index (χ0n) is 16.6. The van der Waals surface area contributed by atoms with E-state index in [1.807, 2.05) is 11.3 Å². The summed E-state index contributed by atoms with van der Waals surface area (Å²) in [6.07, 6.45) is 10.8. The predicted molar refractivity (Wildman–Crippen MR) is 112 cm³/mol. The molecular weight excluding hydrogens is 354 g/mol. The number of piperidine rings is 2. The van der Waals surface area contributed by atoms with Crippen LogP contribution in [0.25, 0.3) is 0 Å². The fourth-order valence-corrected chi connectivity index (χ4v) is 5.65. The van der Waals surface area contributed by atoms with Crippen LogP contribution in [0.5, 0.6) is 0 Å². The van der Waals surface area contributed by atoms with Crippen LogP contribution in [0.15, 0.2) is 12.1 Å². The number of likely N-dealkylation sites (tertiary alicyclic amines) is 2. The van der Waals surface area contributed by atoms with Gasteiger partial charge in [0.05, 0.1) is 0 Å². The third-order valence-corrected chi connectivity index (χ3v) is 7.30. The third-order valence-electron chi connectivity index (χ3n) is 6.25. The Labute approximate surface area is 168 Å². The van der Waals surface area contributed by atoms with Crippen LogP contribution in [0.1, 0.15) is 67.5 Å². The van der Waals surface area contributed by atoms with E-state index in [1.54, 1.807) is 0 Å². The zero-order valence-corrected chi connectivity index (χ0v) is 17.4. The summed E-state index contributed by atoms with van der Waals surface area (Å²) >= 11 is 2.01. The van der Waals surface area contributed by atoms with Gasteiger partial charge in [0, 0.05) is 41.9 Å². The van der Waals surface area contributed by atoms with Crippen LogP contribution in [0.2, 0.25) is 0 Å². The SMILES string of the molecule is O=C(CC[C@@H]1CCCN(Cc2ccc(CN3CCCCC3)s2)C1)NC1CC1. The Morgan fingerprint density at radius 3 is 2.41 bits per heavy atom. The topological polar surface area (TPSA) is 35.6 Å². The van der Waals surface area contributed by atoms with E-state index in [0.29, 0.717) is 18.4 Å². The van der Waals surface area contributed by atoms with E-state index in [9.17, 15) is 4.79 Å². The van der Waals surface area contributed by atoms with Crippen molar-refractivity contribution in [1.82, 2.24) is 15.1 Å². The average Bonchev–Trinajstić information content (AvgIpc) is 3.39. The molecule has 2 saturated heterocycles. The van der Waals surface area contributed by atoms with E-state index in [0.717, 1.165) is 26.1 Å². The maximum atomic E-state index is 11.9. The van der Waals surface area contributed by atoms with Crippen molar-refractivity contribution in [2.75, 3.05) is 26.2 Å². The first-order valence-electron chi connectivity index (χ1n) is 11.1. The Hall–Kier alpha value is -0.910. The molecule has 1 atom stereocenters. The Kier molecular flexibility index (Phi) is 6.85. The summed E-state index contributed by atoms with van der Waals surface area (Å²) in [5.74, 6) is 0.965. The highest BCUT2D eigenvalue weighted by Gasteiger charge is 2.25. The van der Waals surface area contributed by atoms with Crippen molar-refractivity contribution in [2.45, 2.75) is 76.9 Å². The van der Waals surface area contributed by atoms with Crippen LogP contribution >= 0.6 is 11.3 Å².